The van der Waals surface area contributed by atoms with Crippen LogP contribution in [0, 0.1) is 0 Å². The molecule has 1 rings (SSSR count). The highest BCUT2D eigenvalue weighted by molar-refractivity contribution is 5.11. The lowest BCUT2D eigenvalue weighted by atomic mass is 9.98. The van der Waals surface area contributed by atoms with Gasteiger partial charge in [-0.1, -0.05) is 20.3 Å². The highest BCUT2D eigenvalue weighted by Crippen LogP contribution is 2.26. The van der Waals surface area contributed by atoms with Crippen LogP contribution in [0.25, 0.3) is 0 Å². The molecule has 0 saturated carbocycles. The average molecular weight is 209 g/mol. The zero-order chi connectivity index (χ0) is 11.3. The van der Waals surface area contributed by atoms with Gasteiger partial charge in [0.25, 0.3) is 0 Å². The normalized spacial score (nSPS) is 13.4. The Balaban J connectivity index is 2.64. The lowest BCUT2D eigenvalue weighted by molar-refractivity contribution is 0.330. The van der Waals surface area contributed by atoms with Crippen molar-refractivity contribution in [3.05, 3.63) is 23.7 Å². The molecule has 0 aliphatic carbocycles. The third-order valence-electron chi connectivity index (χ3n) is 2.69. The largest absolute Gasteiger partial charge is 0.464 e. The minimum absolute atomic E-state index is 0.603. The minimum Gasteiger partial charge on any atom is -0.464 e. The maximum absolute atomic E-state index is 5.86. The van der Waals surface area contributed by atoms with Crippen molar-refractivity contribution in [1.29, 1.82) is 0 Å². The van der Waals surface area contributed by atoms with E-state index in [2.05, 4.69) is 45.0 Å². The SMILES string of the molecule is CCCC(CC)c1ccc(CN(C)C)o1. The van der Waals surface area contributed by atoms with Crippen molar-refractivity contribution in [2.24, 2.45) is 0 Å². The van der Waals surface area contributed by atoms with Crippen molar-refractivity contribution in [2.45, 2.75) is 45.6 Å². The van der Waals surface area contributed by atoms with Crippen molar-refractivity contribution in [1.82, 2.24) is 4.90 Å². The Morgan fingerprint density at radius 3 is 2.53 bits per heavy atom. The first-order chi connectivity index (χ1) is 7.17. The summed E-state index contributed by atoms with van der Waals surface area (Å²) in [6.45, 7) is 5.35. The topological polar surface area (TPSA) is 16.4 Å². The monoisotopic (exact) mass is 209 g/mol. The van der Waals surface area contributed by atoms with Crippen LogP contribution in [0.1, 0.15) is 50.5 Å². The van der Waals surface area contributed by atoms with Crippen LogP contribution >= 0.6 is 0 Å². The van der Waals surface area contributed by atoms with Gasteiger partial charge < -0.3 is 9.32 Å². The molecule has 0 aromatic carbocycles. The zero-order valence-corrected chi connectivity index (χ0v) is 10.4. The van der Waals surface area contributed by atoms with Crippen LogP contribution in [-0.2, 0) is 6.54 Å². The van der Waals surface area contributed by atoms with E-state index in [1.807, 2.05) is 0 Å². The van der Waals surface area contributed by atoms with E-state index in [1.54, 1.807) is 0 Å². The van der Waals surface area contributed by atoms with Crippen LogP contribution in [0.2, 0.25) is 0 Å². The molecule has 2 heteroatoms. The summed E-state index contributed by atoms with van der Waals surface area (Å²) >= 11 is 0. The van der Waals surface area contributed by atoms with Gasteiger partial charge in [-0.3, -0.25) is 0 Å². The summed E-state index contributed by atoms with van der Waals surface area (Å²) in [4.78, 5) is 2.13. The molecular weight excluding hydrogens is 186 g/mol. The van der Waals surface area contributed by atoms with Gasteiger partial charge in [-0.05, 0) is 39.1 Å². The van der Waals surface area contributed by atoms with Gasteiger partial charge >= 0.3 is 0 Å². The highest BCUT2D eigenvalue weighted by atomic mass is 16.3. The van der Waals surface area contributed by atoms with Gasteiger partial charge in [0.05, 0.1) is 6.54 Å². The first-order valence-corrected chi connectivity index (χ1v) is 5.90. The minimum atomic E-state index is 0.603. The maximum Gasteiger partial charge on any atom is 0.118 e. The van der Waals surface area contributed by atoms with Crippen LogP contribution in [-0.4, -0.2) is 19.0 Å². The molecule has 0 amide bonds. The summed E-state index contributed by atoms with van der Waals surface area (Å²) in [5, 5.41) is 0. The second-order valence-electron chi connectivity index (χ2n) is 4.44. The Kier molecular flexibility index (Phi) is 4.89. The van der Waals surface area contributed by atoms with Crippen molar-refractivity contribution in [3.63, 3.8) is 0 Å². The Hall–Kier alpha value is -0.760. The van der Waals surface area contributed by atoms with Crippen LogP contribution in [0.4, 0.5) is 0 Å². The molecule has 2 nitrogen and oxygen atoms in total. The molecule has 0 aliphatic heterocycles. The fourth-order valence-corrected chi connectivity index (χ4v) is 1.91. The Morgan fingerprint density at radius 1 is 1.27 bits per heavy atom. The van der Waals surface area contributed by atoms with E-state index >= 15 is 0 Å². The predicted molar refractivity (Wildman–Crippen MR) is 64.0 cm³/mol. The van der Waals surface area contributed by atoms with Crippen LogP contribution in [0.3, 0.4) is 0 Å². The molecule has 15 heavy (non-hydrogen) atoms. The molecule has 0 bridgehead atoms. The van der Waals surface area contributed by atoms with Gasteiger partial charge in [0.1, 0.15) is 11.5 Å². The molecule has 0 N–H and O–H groups in total. The van der Waals surface area contributed by atoms with E-state index in [1.165, 1.54) is 19.3 Å². The van der Waals surface area contributed by atoms with E-state index < -0.39 is 0 Å². The van der Waals surface area contributed by atoms with Gasteiger partial charge in [-0.15, -0.1) is 0 Å². The Labute approximate surface area is 93.3 Å². The van der Waals surface area contributed by atoms with Crippen molar-refractivity contribution in [2.75, 3.05) is 14.1 Å². The fourth-order valence-electron chi connectivity index (χ4n) is 1.91. The van der Waals surface area contributed by atoms with E-state index in [4.69, 9.17) is 4.42 Å². The van der Waals surface area contributed by atoms with Gasteiger partial charge in [0, 0.05) is 5.92 Å². The fraction of sp³-hybridized carbons (Fsp3) is 0.692. The van der Waals surface area contributed by atoms with Gasteiger partial charge in [0.2, 0.25) is 0 Å². The van der Waals surface area contributed by atoms with Crippen molar-refractivity contribution < 1.29 is 4.42 Å². The summed E-state index contributed by atoms with van der Waals surface area (Å²) in [5.41, 5.74) is 0. The number of hydrogen-bond donors (Lipinski definition) is 0. The molecule has 0 spiro atoms. The molecule has 86 valence electrons. The number of furan rings is 1. The first kappa shape index (κ1) is 12.3. The standard InChI is InChI=1S/C13H23NO/c1-5-7-11(6-2)13-9-8-12(15-13)10-14(3)4/h8-9,11H,5-7,10H2,1-4H3. The van der Waals surface area contributed by atoms with E-state index in [0.717, 1.165) is 18.1 Å². The van der Waals surface area contributed by atoms with Gasteiger partial charge in [-0.2, -0.15) is 0 Å². The van der Waals surface area contributed by atoms with Gasteiger partial charge in [0.15, 0.2) is 0 Å². The van der Waals surface area contributed by atoms with E-state index in [0.29, 0.717) is 5.92 Å². The molecule has 0 saturated heterocycles. The zero-order valence-electron chi connectivity index (χ0n) is 10.4. The molecule has 0 radical (unpaired) electrons. The Bertz CT molecular complexity index is 278. The van der Waals surface area contributed by atoms with Gasteiger partial charge in [-0.25, -0.2) is 0 Å². The van der Waals surface area contributed by atoms with Crippen molar-refractivity contribution >= 4 is 0 Å². The van der Waals surface area contributed by atoms with Crippen LogP contribution in [0.5, 0.6) is 0 Å². The molecule has 1 heterocycles. The lowest BCUT2D eigenvalue weighted by Gasteiger charge is -2.11. The summed E-state index contributed by atoms with van der Waals surface area (Å²) in [6, 6.07) is 4.25. The maximum atomic E-state index is 5.86. The Morgan fingerprint density at radius 2 is 2.00 bits per heavy atom. The first-order valence-electron chi connectivity index (χ1n) is 5.90. The second kappa shape index (κ2) is 5.96. The summed E-state index contributed by atoms with van der Waals surface area (Å²) in [5.74, 6) is 2.84. The molecule has 1 aromatic heterocycles. The quantitative estimate of drug-likeness (QED) is 0.711. The van der Waals surface area contributed by atoms with E-state index in [9.17, 15) is 0 Å². The molecule has 1 aromatic rings. The predicted octanol–water partition coefficient (Wildman–Crippen LogP) is 3.63. The summed E-state index contributed by atoms with van der Waals surface area (Å²) in [6.07, 6.45) is 3.62. The molecule has 0 fully saturated rings. The summed E-state index contributed by atoms with van der Waals surface area (Å²) in [7, 11) is 4.12. The molecule has 1 unspecified atom stereocenters. The summed E-state index contributed by atoms with van der Waals surface area (Å²) < 4.78 is 5.86. The second-order valence-corrected chi connectivity index (χ2v) is 4.44. The van der Waals surface area contributed by atoms with Crippen LogP contribution in [0.15, 0.2) is 16.5 Å². The van der Waals surface area contributed by atoms with Crippen molar-refractivity contribution in [3.8, 4) is 0 Å². The number of nitrogens with zero attached hydrogens (tertiary/aromatic N) is 1. The number of hydrogen-bond acceptors (Lipinski definition) is 2. The smallest absolute Gasteiger partial charge is 0.118 e. The molecule has 0 aliphatic rings. The third kappa shape index (κ3) is 3.71. The lowest BCUT2D eigenvalue weighted by Crippen LogP contribution is -2.09. The number of rotatable bonds is 6. The third-order valence-corrected chi connectivity index (χ3v) is 2.69. The molecule has 1 atom stereocenters. The van der Waals surface area contributed by atoms with Crippen LogP contribution < -0.4 is 0 Å². The highest BCUT2D eigenvalue weighted by Gasteiger charge is 2.12. The molecular formula is C13H23NO. The van der Waals surface area contributed by atoms with E-state index in [-0.39, 0.29) is 0 Å². The average Bonchev–Trinajstić information content (AvgIpc) is 2.61.